The van der Waals surface area contributed by atoms with Gasteiger partial charge in [-0.15, -0.1) is 0 Å². The molecular weight excluding hydrogens is 598 g/mol. The van der Waals surface area contributed by atoms with E-state index in [4.69, 9.17) is 15.2 Å². The van der Waals surface area contributed by atoms with E-state index < -0.39 is 18.1 Å². The fraction of sp³-hybridized carbons (Fsp3) is 0.306. The number of nitrogens with one attached hydrogen (secondary N) is 2. The molecule has 5 rings (SSSR count). The Balaban J connectivity index is 1.38. The molecule has 0 saturated heterocycles. The van der Waals surface area contributed by atoms with Gasteiger partial charge in [0, 0.05) is 55.5 Å². The van der Waals surface area contributed by atoms with Gasteiger partial charge in [-0.05, 0) is 74.7 Å². The van der Waals surface area contributed by atoms with E-state index in [2.05, 4.69) is 10.6 Å². The van der Waals surface area contributed by atoms with Gasteiger partial charge in [0.05, 0.1) is 17.1 Å². The second-order valence-corrected chi connectivity index (χ2v) is 11.4. The molecule has 1 aromatic heterocycles. The van der Waals surface area contributed by atoms with Crippen LogP contribution >= 0.6 is 0 Å². The maximum Gasteiger partial charge on any atom is 0.286 e. The maximum absolute atomic E-state index is 14.0. The number of carbonyl (C=O) groups is 2. The van der Waals surface area contributed by atoms with Crippen LogP contribution in [0.25, 0.3) is 5.69 Å². The molecule has 0 radical (unpaired) electrons. The number of nitrogens with zero attached hydrogens (tertiary/aromatic N) is 2. The zero-order valence-electron chi connectivity index (χ0n) is 26.8. The molecule has 0 bridgehead atoms. The molecule has 0 saturated carbocycles. The highest BCUT2D eigenvalue weighted by molar-refractivity contribution is 6.05. The van der Waals surface area contributed by atoms with E-state index in [1.807, 2.05) is 55.9 Å². The summed E-state index contributed by atoms with van der Waals surface area (Å²) in [5.74, 6) is -1.53. The molecule has 0 aliphatic carbocycles. The Labute approximate surface area is 273 Å². The number of anilines is 2. The average Bonchev–Trinajstić information content (AvgIpc) is 3.30. The molecule has 5 N–H and O–H groups in total. The lowest BCUT2D eigenvalue weighted by Gasteiger charge is -2.36. The number of hydrogen-bond acceptors (Lipinski definition) is 7. The van der Waals surface area contributed by atoms with Crippen molar-refractivity contribution < 1.29 is 24.2 Å². The Morgan fingerprint density at radius 2 is 1.70 bits per heavy atom. The number of aliphatic hydroxyl groups excluding tert-OH is 1. The standard InChI is InChI=1S/C36H41N5O6/c1-4-46-36-27(13-10-20-42)28(32-23(2)40(3)41(35(32)45)26-11-6-5-7-12-26)21-31(47-36)34(44)38-22-24-16-18-25(19-17-24)33(43)39-30-15-9-8-14-29(30)37/h5-9,11-12,14-19,21,27-28,36,42H,4,10,13,20,22,37H2,1-3H3,(H,38,44)(H,39,43)/t27-,28-,36+/m0/s1. The number of aromatic nitrogens is 2. The van der Waals surface area contributed by atoms with Crippen molar-refractivity contribution in [2.24, 2.45) is 13.0 Å². The summed E-state index contributed by atoms with van der Waals surface area (Å²) in [7, 11) is 1.83. The number of carbonyl (C=O) groups excluding carboxylic acids is 2. The SMILES string of the molecule is CCO[C@@H]1OC(C(=O)NCc2ccc(C(=O)Nc3ccccc3N)cc2)=C[C@H](c2c(C)n(C)n(-c3ccccc3)c2=O)[C@@H]1CCCO. The number of para-hydroxylation sites is 3. The lowest BCUT2D eigenvalue weighted by atomic mass is 9.80. The van der Waals surface area contributed by atoms with Crippen LogP contribution in [-0.4, -0.2) is 45.8 Å². The predicted octanol–water partition coefficient (Wildman–Crippen LogP) is 4.38. The molecular formula is C36H41N5O6. The van der Waals surface area contributed by atoms with Crippen LogP contribution < -0.4 is 21.9 Å². The molecule has 11 heteroatoms. The average molecular weight is 640 g/mol. The minimum absolute atomic E-state index is 0.0259. The number of allylic oxidation sites excluding steroid dienone is 1. The summed E-state index contributed by atoms with van der Waals surface area (Å²) in [6, 6.07) is 23.3. The van der Waals surface area contributed by atoms with Crippen LogP contribution in [0.4, 0.5) is 11.4 Å². The molecule has 2 heterocycles. The Hall–Kier alpha value is -5.13. The molecule has 0 spiro atoms. The van der Waals surface area contributed by atoms with Gasteiger partial charge >= 0.3 is 0 Å². The molecule has 11 nitrogen and oxygen atoms in total. The monoisotopic (exact) mass is 639 g/mol. The molecule has 246 valence electrons. The Bertz CT molecular complexity index is 1790. The topological polar surface area (TPSA) is 150 Å². The van der Waals surface area contributed by atoms with Crippen LogP contribution in [0.2, 0.25) is 0 Å². The predicted molar refractivity (Wildman–Crippen MR) is 180 cm³/mol. The Kier molecular flexibility index (Phi) is 10.6. The van der Waals surface area contributed by atoms with Gasteiger partial charge in [-0.3, -0.25) is 19.1 Å². The third kappa shape index (κ3) is 7.32. The Morgan fingerprint density at radius 3 is 2.38 bits per heavy atom. The van der Waals surface area contributed by atoms with Gasteiger partial charge in [0.1, 0.15) is 0 Å². The molecule has 1 aliphatic rings. The molecule has 0 fully saturated rings. The Morgan fingerprint density at radius 1 is 1.00 bits per heavy atom. The number of ether oxygens (including phenoxy) is 2. The molecule has 47 heavy (non-hydrogen) atoms. The summed E-state index contributed by atoms with van der Waals surface area (Å²) in [6.07, 6.45) is 1.90. The highest BCUT2D eigenvalue weighted by Crippen LogP contribution is 2.39. The second-order valence-electron chi connectivity index (χ2n) is 11.4. The van der Waals surface area contributed by atoms with E-state index in [1.165, 1.54) is 0 Å². The third-order valence-corrected chi connectivity index (χ3v) is 8.45. The van der Waals surface area contributed by atoms with E-state index in [1.54, 1.807) is 59.3 Å². The smallest absolute Gasteiger partial charge is 0.286 e. The lowest BCUT2D eigenvalue weighted by Crippen LogP contribution is -2.40. The normalized spacial score (nSPS) is 17.4. The van der Waals surface area contributed by atoms with E-state index in [0.717, 1.165) is 16.9 Å². The summed E-state index contributed by atoms with van der Waals surface area (Å²) in [5.41, 5.74) is 9.98. The number of nitrogen functional groups attached to an aromatic ring is 1. The third-order valence-electron chi connectivity index (χ3n) is 8.45. The molecule has 3 aromatic carbocycles. The number of benzene rings is 3. The lowest BCUT2D eigenvalue weighted by molar-refractivity contribution is -0.166. The highest BCUT2D eigenvalue weighted by atomic mass is 16.7. The number of nitrogens with two attached hydrogens (primary N) is 1. The van der Waals surface area contributed by atoms with Crippen molar-refractivity contribution in [1.82, 2.24) is 14.7 Å². The van der Waals surface area contributed by atoms with Crippen LogP contribution in [0.15, 0.2) is 95.5 Å². The molecule has 0 unspecified atom stereocenters. The van der Waals surface area contributed by atoms with Gasteiger partial charge in [-0.2, -0.15) is 0 Å². The molecule has 2 amide bonds. The van der Waals surface area contributed by atoms with Crippen LogP contribution in [0, 0.1) is 12.8 Å². The van der Waals surface area contributed by atoms with Crippen molar-refractivity contribution in [2.45, 2.75) is 45.4 Å². The van der Waals surface area contributed by atoms with E-state index in [-0.39, 0.29) is 36.3 Å². The van der Waals surface area contributed by atoms with Gasteiger partial charge in [0.25, 0.3) is 17.4 Å². The first-order valence-corrected chi connectivity index (χ1v) is 15.7. The zero-order chi connectivity index (χ0) is 33.5. The van der Waals surface area contributed by atoms with Crippen LogP contribution in [-0.2, 0) is 27.9 Å². The van der Waals surface area contributed by atoms with Crippen LogP contribution in [0.5, 0.6) is 0 Å². The largest absolute Gasteiger partial charge is 0.459 e. The summed E-state index contributed by atoms with van der Waals surface area (Å²) < 4.78 is 15.5. The first-order valence-electron chi connectivity index (χ1n) is 15.7. The maximum atomic E-state index is 14.0. The second kappa shape index (κ2) is 15.0. The highest BCUT2D eigenvalue weighted by Gasteiger charge is 2.40. The van der Waals surface area contributed by atoms with E-state index in [9.17, 15) is 19.5 Å². The molecule has 3 atom stereocenters. The summed E-state index contributed by atoms with van der Waals surface area (Å²) in [6.45, 7) is 4.21. The van der Waals surface area contributed by atoms with Gasteiger partial charge in [-0.1, -0.05) is 42.5 Å². The number of rotatable bonds is 12. The minimum Gasteiger partial charge on any atom is -0.459 e. The molecule has 4 aromatic rings. The fourth-order valence-electron chi connectivity index (χ4n) is 5.92. The van der Waals surface area contributed by atoms with Crippen molar-refractivity contribution in [3.05, 3.63) is 123 Å². The van der Waals surface area contributed by atoms with Crippen molar-refractivity contribution in [3.8, 4) is 5.69 Å². The summed E-state index contributed by atoms with van der Waals surface area (Å²) in [4.78, 5) is 40.3. The number of hydrogen-bond donors (Lipinski definition) is 4. The van der Waals surface area contributed by atoms with Crippen LogP contribution in [0.1, 0.15) is 52.9 Å². The van der Waals surface area contributed by atoms with E-state index >= 15 is 0 Å². The number of amides is 2. The minimum atomic E-state index is -0.803. The van der Waals surface area contributed by atoms with Crippen molar-refractivity contribution >= 4 is 23.2 Å². The van der Waals surface area contributed by atoms with Crippen LogP contribution in [0.3, 0.4) is 0 Å². The zero-order valence-corrected chi connectivity index (χ0v) is 26.8. The fourth-order valence-corrected chi connectivity index (χ4v) is 5.92. The van der Waals surface area contributed by atoms with Crippen molar-refractivity contribution in [3.63, 3.8) is 0 Å². The van der Waals surface area contributed by atoms with Gasteiger partial charge in [-0.25, -0.2) is 4.68 Å². The first-order chi connectivity index (χ1) is 22.7. The van der Waals surface area contributed by atoms with E-state index in [0.29, 0.717) is 42.0 Å². The quantitative estimate of drug-likeness (QED) is 0.168. The molecule has 1 aliphatic heterocycles. The number of aliphatic hydroxyl groups is 1. The first kappa shape index (κ1) is 33.2. The van der Waals surface area contributed by atoms with Gasteiger partial charge in [0.15, 0.2) is 5.76 Å². The summed E-state index contributed by atoms with van der Waals surface area (Å²) in [5, 5.41) is 15.4. The van der Waals surface area contributed by atoms with Crippen molar-refractivity contribution in [2.75, 3.05) is 24.3 Å². The van der Waals surface area contributed by atoms with Gasteiger partial charge < -0.3 is 30.9 Å². The van der Waals surface area contributed by atoms with Crippen molar-refractivity contribution in [1.29, 1.82) is 0 Å². The summed E-state index contributed by atoms with van der Waals surface area (Å²) >= 11 is 0. The van der Waals surface area contributed by atoms with Gasteiger partial charge in [0.2, 0.25) is 6.29 Å².